The summed E-state index contributed by atoms with van der Waals surface area (Å²) in [6.07, 6.45) is 4.23. The summed E-state index contributed by atoms with van der Waals surface area (Å²) in [5.41, 5.74) is 7.78. The minimum atomic E-state index is 0.610. The van der Waals surface area contributed by atoms with Crippen LogP contribution in [-0.4, -0.2) is 16.4 Å². The standard InChI is InChI=1S/C14H16ClN3O/c1-18-14(16)11(7-17-18)10-3-2-4-12(15)13(10)19-8-9-5-6-9/h2-4,7,9H,5-6,8,16H2,1H3. The number of nitrogen functional groups attached to an aromatic ring is 1. The van der Waals surface area contributed by atoms with E-state index in [1.807, 2.05) is 25.2 Å². The highest BCUT2D eigenvalue weighted by molar-refractivity contribution is 6.32. The summed E-state index contributed by atoms with van der Waals surface area (Å²) in [4.78, 5) is 0. The van der Waals surface area contributed by atoms with Gasteiger partial charge in [-0.15, -0.1) is 0 Å². The van der Waals surface area contributed by atoms with Gasteiger partial charge >= 0.3 is 0 Å². The fourth-order valence-corrected chi connectivity index (χ4v) is 2.24. The Morgan fingerprint density at radius 3 is 2.84 bits per heavy atom. The Kier molecular flexibility index (Phi) is 3.11. The second kappa shape index (κ2) is 4.78. The van der Waals surface area contributed by atoms with Crippen LogP contribution in [-0.2, 0) is 7.05 Å². The second-order valence-corrected chi connectivity index (χ2v) is 5.35. The molecule has 1 saturated carbocycles. The van der Waals surface area contributed by atoms with Gasteiger partial charge in [-0.3, -0.25) is 4.68 Å². The quantitative estimate of drug-likeness (QED) is 0.934. The molecule has 0 saturated heterocycles. The summed E-state index contributed by atoms with van der Waals surface area (Å²) >= 11 is 6.25. The molecule has 0 radical (unpaired) electrons. The molecule has 1 aliphatic carbocycles. The molecule has 1 aromatic carbocycles. The summed E-state index contributed by atoms with van der Waals surface area (Å²) in [7, 11) is 1.81. The molecule has 0 atom stereocenters. The fraction of sp³-hybridized carbons (Fsp3) is 0.357. The number of hydrogen-bond acceptors (Lipinski definition) is 3. The predicted octanol–water partition coefficient (Wildman–Crippen LogP) is 3.11. The molecule has 1 aromatic heterocycles. The summed E-state index contributed by atoms with van der Waals surface area (Å²) in [5, 5.41) is 4.78. The van der Waals surface area contributed by atoms with E-state index in [0.717, 1.165) is 17.7 Å². The van der Waals surface area contributed by atoms with Crippen molar-refractivity contribution in [2.24, 2.45) is 13.0 Å². The van der Waals surface area contributed by atoms with Crippen molar-refractivity contribution in [1.29, 1.82) is 0 Å². The van der Waals surface area contributed by atoms with E-state index < -0.39 is 0 Å². The van der Waals surface area contributed by atoms with E-state index in [1.165, 1.54) is 12.8 Å². The van der Waals surface area contributed by atoms with Gasteiger partial charge in [-0.05, 0) is 24.8 Å². The highest BCUT2D eigenvalue weighted by Crippen LogP contribution is 2.40. The monoisotopic (exact) mass is 277 g/mol. The Hall–Kier alpha value is -1.68. The zero-order valence-corrected chi connectivity index (χ0v) is 11.5. The van der Waals surface area contributed by atoms with Crippen molar-refractivity contribution in [2.75, 3.05) is 12.3 Å². The van der Waals surface area contributed by atoms with Crippen LogP contribution in [0.25, 0.3) is 11.1 Å². The van der Waals surface area contributed by atoms with Crippen LogP contribution in [0, 0.1) is 5.92 Å². The first kappa shape index (κ1) is 12.4. The predicted molar refractivity (Wildman–Crippen MR) is 76.3 cm³/mol. The van der Waals surface area contributed by atoms with Crippen LogP contribution >= 0.6 is 11.6 Å². The molecule has 3 rings (SSSR count). The third-order valence-corrected chi connectivity index (χ3v) is 3.70. The van der Waals surface area contributed by atoms with Crippen molar-refractivity contribution in [3.63, 3.8) is 0 Å². The molecule has 2 aromatic rings. The molecule has 0 spiro atoms. The average molecular weight is 278 g/mol. The molecule has 0 unspecified atom stereocenters. The highest BCUT2D eigenvalue weighted by Gasteiger charge is 2.23. The van der Waals surface area contributed by atoms with E-state index in [9.17, 15) is 0 Å². The molecular weight excluding hydrogens is 262 g/mol. The molecule has 0 bridgehead atoms. The van der Waals surface area contributed by atoms with E-state index in [1.54, 1.807) is 10.9 Å². The molecule has 4 nitrogen and oxygen atoms in total. The number of para-hydroxylation sites is 1. The molecule has 1 heterocycles. The summed E-state index contributed by atoms with van der Waals surface area (Å²) < 4.78 is 7.53. The zero-order chi connectivity index (χ0) is 13.4. The van der Waals surface area contributed by atoms with E-state index >= 15 is 0 Å². The Bertz CT molecular complexity index is 605. The summed E-state index contributed by atoms with van der Waals surface area (Å²) in [6, 6.07) is 5.69. The van der Waals surface area contributed by atoms with Gasteiger partial charge in [-0.2, -0.15) is 5.10 Å². The zero-order valence-electron chi connectivity index (χ0n) is 10.8. The maximum atomic E-state index is 6.25. The number of nitrogens with zero attached hydrogens (tertiary/aromatic N) is 2. The SMILES string of the molecule is Cn1ncc(-c2cccc(Cl)c2OCC2CC2)c1N. The number of rotatable bonds is 4. The lowest BCUT2D eigenvalue weighted by Crippen LogP contribution is -2.02. The Labute approximate surface area is 117 Å². The Morgan fingerprint density at radius 2 is 2.21 bits per heavy atom. The van der Waals surface area contributed by atoms with Gasteiger partial charge in [0, 0.05) is 18.2 Å². The van der Waals surface area contributed by atoms with E-state index in [-0.39, 0.29) is 0 Å². The van der Waals surface area contributed by atoms with Crippen LogP contribution in [0.2, 0.25) is 5.02 Å². The largest absolute Gasteiger partial charge is 0.491 e. The Morgan fingerprint density at radius 1 is 1.42 bits per heavy atom. The van der Waals surface area contributed by atoms with Crippen LogP contribution in [0.1, 0.15) is 12.8 Å². The first-order valence-corrected chi connectivity index (χ1v) is 6.73. The lowest BCUT2D eigenvalue weighted by atomic mass is 10.1. The fourth-order valence-electron chi connectivity index (χ4n) is 2.01. The van der Waals surface area contributed by atoms with Crippen LogP contribution < -0.4 is 10.5 Å². The van der Waals surface area contributed by atoms with E-state index in [2.05, 4.69) is 5.10 Å². The normalized spacial score (nSPS) is 14.6. The molecule has 0 amide bonds. The number of benzene rings is 1. The lowest BCUT2D eigenvalue weighted by Gasteiger charge is -2.12. The summed E-state index contributed by atoms with van der Waals surface area (Å²) in [6.45, 7) is 0.719. The van der Waals surface area contributed by atoms with Crippen molar-refractivity contribution >= 4 is 17.4 Å². The van der Waals surface area contributed by atoms with Crippen molar-refractivity contribution in [3.05, 3.63) is 29.4 Å². The number of aromatic nitrogens is 2. The van der Waals surface area contributed by atoms with Gasteiger partial charge in [0.1, 0.15) is 11.6 Å². The van der Waals surface area contributed by atoms with Crippen LogP contribution in [0.5, 0.6) is 5.75 Å². The van der Waals surface area contributed by atoms with E-state index in [4.69, 9.17) is 22.1 Å². The third-order valence-electron chi connectivity index (χ3n) is 3.40. The van der Waals surface area contributed by atoms with Gasteiger partial charge in [-0.25, -0.2) is 0 Å². The average Bonchev–Trinajstić information content (AvgIpc) is 3.16. The minimum Gasteiger partial charge on any atom is -0.491 e. The van der Waals surface area contributed by atoms with Crippen molar-refractivity contribution < 1.29 is 4.74 Å². The molecule has 0 aliphatic heterocycles. The molecule has 1 aliphatic rings. The number of halogens is 1. The molecule has 100 valence electrons. The van der Waals surface area contributed by atoms with Crippen molar-refractivity contribution in [2.45, 2.75) is 12.8 Å². The minimum absolute atomic E-state index is 0.610. The number of ether oxygens (including phenoxy) is 1. The lowest BCUT2D eigenvalue weighted by molar-refractivity contribution is 0.301. The number of anilines is 1. The van der Waals surface area contributed by atoms with Crippen molar-refractivity contribution in [1.82, 2.24) is 9.78 Å². The first-order valence-electron chi connectivity index (χ1n) is 6.36. The van der Waals surface area contributed by atoms with Crippen LogP contribution in [0.3, 0.4) is 0 Å². The van der Waals surface area contributed by atoms with Gasteiger partial charge in [0.25, 0.3) is 0 Å². The van der Waals surface area contributed by atoms with Gasteiger partial charge in [0.15, 0.2) is 0 Å². The molecule has 1 fully saturated rings. The van der Waals surface area contributed by atoms with Gasteiger partial charge in [-0.1, -0.05) is 23.7 Å². The van der Waals surface area contributed by atoms with Crippen LogP contribution in [0.4, 0.5) is 5.82 Å². The maximum Gasteiger partial charge on any atom is 0.145 e. The first-order chi connectivity index (χ1) is 9.16. The van der Waals surface area contributed by atoms with Crippen LogP contribution in [0.15, 0.2) is 24.4 Å². The third kappa shape index (κ3) is 2.40. The van der Waals surface area contributed by atoms with Gasteiger partial charge in [0.2, 0.25) is 0 Å². The van der Waals surface area contributed by atoms with Gasteiger partial charge < -0.3 is 10.5 Å². The topological polar surface area (TPSA) is 53.1 Å². The number of hydrogen-bond donors (Lipinski definition) is 1. The Balaban J connectivity index is 1.99. The smallest absolute Gasteiger partial charge is 0.145 e. The van der Waals surface area contributed by atoms with Crippen molar-refractivity contribution in [3.8, 4) is 16.9 Å². The van der Waals surface area contributed by atoms with Gasteiger partial charge in [0.05, 0.1) is 17.8 Å². The number of nitrogens with two attached hydrogens (primary N) is 1. The molecule has 5 heteroatoms. The molecule has 19 heavy (non-hydrogen) atoms. The molecular formula is C14H16ClN3O. The summed E-state index contributed by atoms with van der Waals surface area (Å²) in [5.74, 6) is 1.99. The number of aryl methyl sites for hydroxylation is 1. The maximum absolute atomic E-state index is 6.25. The highest BCUT2D eigenvalue weighted by atomic mass is 35.5. The van der Waals surface area contributed by atoms with E-state index in [0.29, 0.717) is 22.5 Å². The second-order valence-electron chi connectivity index (χ2n) is 4.94. The molecule has 2 N–H and O–H groups in total.